The molecule has 0 amide bonds. The molecule has 1 aromatic carbocycles. The van der Waals surface area contributed by atoms with Gasteiger partial charge in [0.2, 0.25) is 0 Å². The van der Waals surface area contributed by atoms with Gasteiger partial charge in [-0.1, -0.05) is 17.3 Å². The molecule has 0 spiro atoms. The molecular formula is C9H10N4O. The Hall–Kier alpha value is -1.88. The van der Waals surface area contributed by atoms with Gasteiger partial charge in [0.05, 0.1) is 11.9 Å². The Morgan fingerprint density at radius 2 is 2.14 bits per heavy atom. The molecule has 0 aliphatic carbocycles. The predicted molar refractivity (Wildman–Crippen MR) is 50.9 cm³/mol. The topological polar surface area (TPSA) is 77.0 Å². The molecule has 0 saturated heterocycles. The first-order valence-corrected chi connectivity index (χ1v) is 4.21. The Morgan fingerprint density at radius 3 is 2.86 bits per heavy atom. The van der Waals surface area contributed by atoms with Gasteiger partial charge < -0.3 is 10.8 Å². The van der Waals surface area contributed by atoms with Gasteiger partial charge in [-0.2, -0.15) is 0 Å². The number of para-hydroxylation sites is 2. The highest BCUT2D eigenvalue weighted by molar-refractivity contribution is 5.45. The van der Waals surface area contributed by atoms with Crippen molar-refractivity contribution in [2.75, 3.05) is 0 Å². The van der Waals surface area contributed by atoms with Gasteiger partial charge >= 0.3 is 0 Å². The second kappa shape index (κ2) is 3.47. The van der Waals surface area contributed by atoms with Crippen LogP contribution in [0.2, 0.25) is 0 Å². The molecule has 14 heavy (non-hydrogen) atoms. The van der Waals surface area contributed by atoms with E-state index in [1.165, 1.54) is 4.68 Å². The largest absolute Gasteiger partial charge is 0.506 e. The molecule has 2 rings (SSSR count). The fraction of sp³-hybridized carbons (Fsp3) is 0.111. The Morgan fingerprint density at radius 1 is 1.36 bits per heavy atom. The van der Waals surface area contributed by atoms with Crippen molar-refractivity contribution in [1.29, 1.82) is 0 Å². The molecule has 1 heterocycles. The number of benzene rings is 1. The molecule has 0 aliphatic rings. The molecule has 0 fully saturated rings. The lowest BCUT2D eigenvalue weighted by atomic mass is 10.3. The van der Waals surface area contributed by atoms with Gasteiger partial charge in [-0.05, 0) is 12.1 Å². The summed E-state index contributed by atoms with van der Waals surface area (Å²) >= 11 is 0. The number of nitrogens with two attached hydrogens (primary N) is 1. The summed E-state index contributed by atoms with van der Waals surface area (Å²) in [6.45, 7) is 0.335. The van der Waals surface area contributed by atoms with Crippen LogP contribution in [0.5, 0.6) is 5.75 Å². The van der Waals surface area contributed by atoms with E-state index in [2.05, 4.69) is 10.3 Å². The fourth-order valence-electron chi connectivity index (χ4n) is 1.24. The molecule has 1 aromatic heterocycles. The maximum atomic E-state index is 9.57. The molecule has 0 bridgehead atoms. The van der Waals surface area contributed by atoms with E-state index in [9.17, 15) is 5.11 Å². The summed E-state index contributed by atoms with van der Waals surface area (Å²) in [4.78, 5) is 0. The van der Waals surface area contributed by atoms with E-state index >= 15 is 0 Å². The number of aromatic hydroxyl groups is 1. The molecule has 0 saturated carbocycles. The van der Waals surface area contributed by atoms with Crippen molar-refractivity contribution in [1.82, 2.24) is 15.0 Å². The zero-order valence-corrected chi connectivity index (χ0v) is 7.46. The zero-order chi connectivity index (χ0) is 9.97. The van der Waals surface area contributed by atoms with E-state index in [0.717, 1.165) is 5.69 Å². The van der Waals surface area contributed by atoms with E-state index in [1.807, 2.05) is 6.07 Å². The third kappa shape index (κ3) is 1.33. The van der Waals surface area contributed by atoms with Crippen molar-refractivity contribution in [3.05, 3.63) is 36.2 Å². The van der Waals surface area contributed by atoms with E-state index in [4.69, 9.17) is 5.73 Å². The van der Waals surface area contributed by atoms with Gasteiger partial charge in [-0.25, -0.2) is 4.68 Å². The SMILES string of the molecule is NCc1cnnn1-c1ccccc1O. The lowest BCUT2D eigenvalue weighted by Crippen LogP contribution is -2.06. The van der Waals surface area contributed by atoms with Crippen LogP contribution in [-0.4, -0.2) is 20.1 Å². The van der Waals surface area contributed by atoms with Crippen molar-refractivity contribution in [3.63, 3.8) is 0 Å². The van der Waals surface area contributed by atoms with E-state index in [1.54, 1.807) is 24.4 Å². The average Bonchev–Trinajstić information content (AvgIpc) is 2.66. The quantitative estimate of drug-likeness (QED) is 0.720. The van der Waals surface area contributed by atoms with Gasteiger partial charge in [0.25, 0.3) is 0 Å². The van der Waals surface area contributed by atoms with Crippen molar-refractivity contribution < 1.29 is 5.11 Å². The summed E-state index contributed by atoms with van der Waals surface area (Å²) in [6, 6.07) is 6.91. The summed E-state index contributed by atoms with van der Waals surface area (Å²) in [5.74, 6) is 0.160. The number of hydrogen-bond acceptors (Lipinski definition) is 4. The minimum atomic E-state index is 0.160. The van der Waals surface area contributed by atoms with Crippen LogP contribution in [0, 0.1) is 0 Å². The maximum absolute atomic E-state index is 9.57. The van der Waals surface area contributed by atoms with Crippen LogP contribution in [0.1, 0.15) is 5.69 Å². The van der Waals surface area contributed by atoms with Crippen molar-refractivity contribution in [2.45, 2.75) is 6.54 Å². The van der Waals surface area contributed by atoms with Crippen LogP contribution in [0.4, 0.5) is 0 Å². The number of hydrogen-bond donors (Lipinski definition) is 2. The summed E-state index contributed by atoms with van der Waals surface area (Å²) in [5.41, 5.74) is 6.84. The number of nitrogens with zero attached hydrogens (tertiary/aromatic N) is 3. The Bertz CT molecular complexity index is 438. The van der Waals surface area contributed by atoms with Gasteiger partial charge in [0.15, 0.2) is 0 Å². The molecule has 3 N–H and O–H groups in total. The van der Waals surface area contributed by atoms with E-state index < -0.39 is 0 Å². The van der Waals surface area contributed by atoms with Crippen molar-refractivity contribution >= 4 is 0 Å². The lowest BCUT2D eigenvalue weighted by molar-refractivity contribution is 0.469. The molecule has 0 radical (unpaired) electrons. The van der Waals surface area contributed by atoms with Crippen LogP contribution in [0.15, 0.2) is 30.5 Å². The number of phenolic OH excluding ortho intramolecular Hbond substituents is 1. The van der Waals surface area contributed by atoms with Gasteiger partial charge in [-0.3, -0.25) is 0 Å². The van der Waals surface area contributed by atoms with Crippen LogP contribution in [-0.2, 0) is 6.54 Å². The first kappa shape index (κ1) is 8.71. The smallest absolute Gasteiger partial charge is 0.141 e. The minimum absolute atomic E-state index is 0.160. The Kier molecular flexibility index (Phi) is 2.16. The molecule has 0 aliphatic heterocycles. The van der Waals surface area contributed by atoms with Crippen molar-refractivity contribution in [3.8, 4) is 11.4 Å². The number of aromatic nitrogens is 3. The van der Waals surface area contributed by atoms with Crippen LogP contribution < -0.4 is 5.73 Å². The summed E-state index contributed by atoms with van der Waals surface area (Å²) < 4.78 is 1.52. The first-order chi connectivity index (χ1) is 6.83. The summed E-state index contributed by atoms with van der Waals surface area (Å²) in [5, 5.41) is 17.1. The second-order valence-electron chi connectivity index (χ2n) is 2.83. The molecule has 5 heteroatoms. The third-order valence-electron chi connectivity index (χ3n) is 1.94. The van der Waals surface area contributed by atoms with Gasteiger partial charge in [0.1, 0.15) is 11.4 Å². The second-order valence-corrected chi connectivity index (χ2v) is 2.83. The van der Waals surface area contributed by atoms with Crippen molar-refractivity contribution in [2.24, 2.45) is 5.73 Å². The highest BCUT2D eigenvalue weighted by Gasteiger charge is 2.07. The molecule has 72 valence electrons. The number of rotatable bonds is 2. The van der Waals surface area contributed by atoms with Crippen LogP contribution in [0.25, 0.3) is 5.69 Å². The molecule has 2 aromatic rings. The molecular weight excluding hydrogens is 180 g/mol. The van der Waals surface area contributed by atoms with E-state index in [0.29, 0.717) is 12.2 Å². The Labute approximate surface area is 80.8 Å². The van der Waals surface area contributed by atoms with Gasteiger partial charge in [0, 0.05) is 6.54 Å². The summed E-state index contributed by atoms with van der Waals surface area (Å²) in [6.07, 6.45) is 1.58. The molecule has 0 unspecified atom stereocenters. The summed E-state index contributed by atoms with van der Waals surface area (Å²) in [7, 11) is 0. The van der Waals surface area contributed by atoms with Crippen LogP contribution in [0.3, 0.4) is 0 Å². The average molecular weight is 190 g/mol. The highest BCUT2D eigenvalue weighted by atomic mass is 16.3. The lowest BCUT2D eigenvalue weighted by Gasteiger charge is -2.05. The molecule has 0 atom stereocenters. The minimum Gasteiger partial charge on any atom is -0.506 e. The monoisotopic (exact) mass is 190 g/mol. The molecule has 5 nitrogen and oxygen atoms in total. The van der Waals surface area contributed by atoms with Gasteiger partial charge in [-0.15, -0.1) is 5.10 Å². The number of phenols is 1. The first-order valence-electron chi connectivity index (χ1n) is 4.21. The predicted octanol–water partition coefficient (Wildman–Crippen LogP) is 0.432. The van der Waals surface area contributed by atoms with Crippen LogP contribution >= 0.6 is 0 Å². The van der Waals surface area contributed by atoms with E-state index in [-0.39, 0.29) is 5.75 Å². The highest BCUT2D eigenvalue weighted by Crippen LogP contribution is 2.20. The maximum Gasteiger partial charge on any atom is 0.141 e. The zero-order valence-electron chi connectivity index (χ0n) is 7.46. The normalized spacial score (nSPS) is 10.4. The third-order valence-corrected chi connectivity index (χ3v) is 1.94. The standard InChI is InChI=1S/C9H10N4O/c10-5-7-6-11-12-13(7)8-3-1-2-4-9(8)14/h1-4,6,14H,5,10H2. The Balaban J connectivity index is 2.54. The fourth-order valence-corrected chi connectivity index (χ4v) is 1.24.